The van der Waals surface area contributed by atoms with Crippen molar-refractivity contribution in [2.45, 2.75) is 39.7 Å². The zero-order valence-electron chi connectivity index (χ0n) is 12.3. The van der Waals surface area contributed by atoms with Gasteiger partial charge in [-0.05, 0) is 19.8 Å². The normalized spacial score (nSPS) is 15.0. The van der Waals surface area contributed by atoms with Gasteiger partial charge in [-0.15, -0.1) is 0 Å². The quantitative estimate of drug-likeness (QED) is 0.838. The fraction of sp³-hybridized carbons (Fsp3) is 0.571. The van der Waals surface area contributed by atoms with Crippen LogP contribution in [0.2, 0.25) is 0 Å². The van der Waals surface area contributed by atoms with Crippen molar-refractivity contribution in [3.8, 4) is 0 Å². The number of hydrogen-bond donors (Lipinski definition) is 0. The van der Waals surface area contributed by atoms with Crippen molar-refractivity contribution in [1.29, 1.82) is 0 Å². The van der Waals surface area contributed by atoms with Gasteiger partial charge >= 0.3 is 0 Å². The lowest BCUT2D eigenvalue weighted by Crippen LogP contribution is -2.36. The third-order valence-electron chi connectivity index (χ3n) is 3.91. The summed E-state index contributed by atoms with van der Waals surface area (Å²) in [5.41, 5.74) is 0.509. The number of hydrogen-bond acceptors (Lipinski definition) is 5. The van der Waals surface area contributed by atoms with Crippen molar-refractivity contribution in [2.24, 2.45) is 0 Å². The van der Waals surface area contributed by atoms with Crippen molar-refractivity contribution < 1.29 is 9.32 Å². The van der Waals surface area contributed by atoms with Crippen LogP contribution in [0.4, 0.5) is 0 Å². The minimum atomic E-state index is -0.247. The van der Waals surface area contributed by atoms with Gasteiger partial charge in [0, 0.05) is 19.5 Å². The summed E-state index contributed by atoms with van der Waals surface area (Å²) < 4.78 is 6.51. The van der Waals surface area contributed by atoms with E-state index < -0.39 is 0 Å². The summed E-state index contributed by atoms with van der Waals surface area (Å²) in [7, 11) is 0. The van der Waals surface area contributed by atoms with Gasteiger partial charge < -0.3 is 9.42 Å². The monoisotopic (exact) mass is 290 g/mol. The Kier molecular flexibility index (Phi) is 3.48. The molecule has 0 spiro atoms. The number of likely N-dealkylation sites (tertiary alicyclic amines) is 1. The molecule has 0 atom stereocenters. The number of carbonyl (C=O) groups excluding carboxylic acids is 1. The molecule has 1 fully saturated rings. The second-order valence-electron chi connectivity index (χ2n) is 5.31. The first-order chi connectivity index (χ1) is 10.1. The zero-order chi connectivity index (χ0) is 15.0. The fourth-order valence-corrected chi connectivity index (χ4v) is 2.74. The molecule has 0 unspecified atom stereocenters. The third-order valence-corrected chi connectivity index (χ3v) is 3.91. The summed E-state index contributed by atoms with van der Waals surface area (Å²) in [4.78, 5) is 31.0. The van der Waals surface area contributed by atoms with E-state index in [9.17, 15) is 9.59 Å². The summed E-state index contributed by atoms with van der Waals surface area (Å²) in [6, 6.07) is 0. The number of rotatable bonds is 3. The molecule has 1 aliphatic heterocycles. The molecular formula is C14H18N4O3. The topological polar surface area (TPSA) is 81.2 Å². The Labute approximate surface area is 121 Å². The first kappa shape index (κ1) is 13.8. The van der Waals surface area contributed by atoms with Crippen molar-refractivity contribution in [3.63, 3.8) is 0 Å². The largest absolute Gasteiger partial charge is 0.341 e. The number of aromatic nitrogens is 3. The highest BCUT2D eigenvalue weighted by Gasteiger charge is 2.22. The minimum Gasteiger partial charge on any atom is -0.341 e. The van der Waals surface area contributed by atoms with Crippen LogP contribution >= 0.6 is 0 Å². The lowest BCUT2D eigenvalue weighted by molar-refractivity contribution is -0.130. The molecular weight excluding hydrogens is 272 g/mol. The molecule has 1 aliphatic rings. The van der Waals surface area contributed by atoms with E-state index in [1.165, 1.54) is 4.57 Å². The van der Waals surface area contributed by atoms with Crippen LogP contribution in [-0.4, -0.2) is 38.6 Å². The molecule has 7 nitrogen and oxygen atoms in total. The molecule has 3 heterocycles. The van der Waals surface area contributed by atoms with E-state index in [2.05, 4.69) is 10.1 Å². The second kappa shape index (κ2) is 5.31. The van der Waals surface area contributed by atoms with E-state index >= 15 is 0 Å². The van der Waals surface area contributed by atoms with E-state index in [4.69, 9.17) is 4.52 Å². The number of nitrogens with zero attached hydrogens (tertiary/aromatic N) is 4. The van der Waals surface area contributed by atoms with E-state index in [0.717, 1.165) is 25.9 Å². The number of amides is 1. The van der Waals surface area contributed by atoms with Gasteiger partial charge in [0.1, 0.15) is 17.8 Å². The predicted octanol–water partition coefficient (Wildman–Crippen LogP) is 0.878. The van der Waals surface area contributed by atoms with Crippen LogP contribution in [0.5, 0.6) is 0 Å². The highest BCUT2D eigenvalue weighted by molar-refractivity contribution is 5.78. The van der Waals surface area contributed by atoms with Crippen LogP contribution in [0.1, 0.15) is 31.3 Å². The Morgan fingerprint density at radius 1 is 1.33 bits per heavy atom. The van der Waals surface area contributed by atoms with Crippen LogP contribution in [-0.2, 0) is 17.8 Å². The van der Waals surface area contributed by atoms with Crippen LogP contribution in [0.3, 0.4) is 0 Å². The Morgan fingerprint density at radius 2 is 2.05 bits per heavy atom. The predicted molar refractivity (Wildman–Crippen MR) is 76.0 cm³/mol. The molecule has 0 saturated carbocycles. The first-order valence-corrected chi connectivity index (χ1v) is 7.25. The fourth-order valence-electron chi connectivity index (χ4n) is 2.74. The number of carbonyl (C=O) groups is 1. The molecule has 1 saturated heterocycles. The lowest BCUT2D eigenvalue weighted by Gasteiger charge is -2.17. The standard InChI is InChI=1S/C14H18N4O3/c1-3-10-15-13-12(9(2)16-21-13)14(20)18(10)8-11(19)17-6-4-5-7-17/h3-8H2,1-2H3. The highest BCUT2D eigenvalue weighted by Crippen LogP contribution is 2.13. The van der Waals surface area contributed by atoms with E-state index in [1.807, 2.05) is 6.92 Å². The molecule has 0 bridgehead atoms. The summed E-state index contributed by atoms with van der Waals surface area (Å²) in [6.07, 6.45) is 2.62. The van der Waals surface area contributed by atoms with Crippen molar-refractivity contribution >= 4 is 17.0 Å². The van der Waals surface area contributed by atoms with Gasteiger partial charge in [0.05, 0.1) is 5.69 Å². The molecule has 2 aromatic rings. The molecule has 0 aromatic carbocycles. The first-order valence-electron chi connectivity index (χ1n) is 7.25. The van der Waals surface area contributed by atoms with Crippen LogP contribution in [0, 0.1) is 6.92 Å². The van der Waals surface area contributed by atoms with E-state index in [1.54, 1.807) is 11.8 Å². The summed E-state index contributed by atoms with van der Waals surface area (Å²) in [5.74, 6) is 0.524. The average Bonchev–Trinajstić information content (AvgIpc) is 3.11. The number of fused-ring (bicyclic) bond motifs is 1. The Balaban J connectivity index is 2.03. The Hall–Kier alpha value is -2.18. The van der Waals surface area contributed by atoms with Gasteiger partial charge in [0.15, 0.2) is 0 Å². The van der Waals surface area contributed by atoms with Gasteiger partial charge in [0.25, 0.3) is 11.3 Å². The van der Waals surface area contributed by atoms with Gasteiger partial charge in [-0.2, -0.15) is 4.98 Å². The van der Waals surface area contributed by atoms with Crippen LogP contribution in [0.15, 0.2) is 9.32 Å². The van der Waals surface area contributed by atoms with Crippen molar-refractivity contribution in [1.82, 2.24) is 19.6 Å². The van der Waals surface area contributed by atoms with Gasteiger partial charge in [-0.25, -0.2) is 0 Å². The van der Waals surface area contributed by atoms with Crippen LogP contribution < -0.4 is 5.56 Å². The Bertz CT molecular complexity index is 740. The molecule has 0 aliphatic carbocycles. The van der Waals surface area contributed by atoms with Gasteiger partial charge in [0.2, 0.25) is 5.91 Å². The van der Waals surface area contributed by atoms with Crippen LogP contribution in [0.25, 0.3) is 11.1 Å². The third kappa shape index (κ3) is 2.32. The maximum Gasteiger partial charge on any atom is 0.267 e. The molecule has 7 heteroatoms. The summed E-state index contributed by atoms with van der Waals surface area (Å²) >= 11 is 0. The van der Waals surface area contributed by atoms with Gasteiger partial charge in [-0.1, -0.05) is 12.1 Å². The van der Waals surface area contributed by atoms with E-state index in [0.29, 0.717) is 23.3 Å². The SMILES string of the molecule is CCc1nc2onc(C)c2c(=O)n1CC(=O)N1CCCC1. The summed E-state index contributed by atoms with van der Waals surface area (Å²) in [5, 5.41) is 4.15. The average molecular weight is 290 g/mol. The highest BCUT2D eigenvalue weighted by atomic mass is 16.5. The lowest BCUT2D eigenvalue weighted by atomic mass is 10.3. The summed E-state index contributed by atoms with van der Waals surface area (Å²) in [6.45, 7) is 5.18. The minimum absolute atomic E-state index is 0.0282. The molecule has 0 radical (unpaired) electrons. The molecule has 21 heavy (non-hydrogen) atoms. The van der Waals surface area contributed by atoms with Gasteiger partial charge in [-0.3, -0.25) is 14.2 Å². The zero-order valence-corrected chi connectivity index (χ0v) is 12.3. The molecule has 2 aromatic heterocycles. The van der Waals surface area contributed by atoms with Crippen molar-refractivity contribution in [3.05, 3.63) is 21.9 Å². The Morgan fingerprint density at radius 3 is 2.71 bits per heavy atom. The van der Waals surface area contributed by atoms with Crippen molar-refractivity contribution in [2.75, 3.05) is 13.1 Å². The number of aryl methyl sites for hydroxylation is 2. The van der Waals surface area contributed by atoms with E-state index in [-0.39, 0.29) is 23.7 Å². The smallest absolute Gasteiger partial charge is 0.267 e. The maximum atomic E-state index is 12.6. The molecule has 3 rings (SSSR count). The molecule has 112 valence electrons. The maximum absolute atomic E-state index is 12.6. The molecule has 1 amide bonds. The molecule has 0 N–H and O–H groups in total. The second-order valence-corrected chi connectivity index (χ2v) is 5.31.